The van der Waals surface area contributed by atoms with E-state index in [0.717, 1.165) is 12.0 Å². The van der Waals surface area contributed by atoms with E-state index >= 15 is 0 Å². The molecule has 0 amide bonds. The van der Waals surface area contributed by atoms with Gasteiger partial charge in [0.05, 0.1) is 7.11 Å². The highest BCUT2D eigenvalue weighted by molar-refractivity contribution is 5.80. The van der Waals surface area contributed by atoms with Gasteiger partial charge in [-0.05, 0) is 30.5 Å². The SMILES string of the molecule is COC(=O)C1(Cc2cccc(O)c2)CCCO1. The summed E-state index contributed by atoms with van der Waals surface area (Å²) >= 11 is 0. The molecule has 0 aliphatic carbocycles. The number of hydrogen-bond donors (Lipinski definition) is 1. The Morgan fingerprint density at radius 1 is 1.59 bits per heavy atom. The number of carbonyl (C=O) groups excluding carboxylic acids is 1. The van der Waals surface area contributed by atoms with Gasteiger partial charge in [-0.3, -0.25) is 0 Å². The third-order valence-electron chi connectivity index (χ3n) is 3.06. The summed E-state index contributed by atoms with van der Waals surface area (Å²) in [6.45, 7) is 0.577. The Bertz CT molecular complexity index is 408. The maximum absolute atomic E-state index is 11.8. The number of hydrogen-bond acceptors (Lipinski definition) is 4. The minimum absolute atomic E-state index is 0.195. The number of esters is 1. The van der Waals surface area contributed by atoms with Gasteiger partial charge in [-0.25, -0.2) is 4.79 Å². The summed E-state index contributed by atoms with van der Waals surface area (Å²) in [6.07, 6.45) is 1.96. The van der Waals surface area contributed by atoms with Crippen molar-refractivity contribution >= 4 is 5.97 Å². The van der Waals surface area contributed by atoms with Gasteiger partial charge in [-0.2, -0.15) is 0 Å². The molecule has 0 spiro atoms. The molecule has 1 aliphatic heterocycles. The summed E-state index contributed by atoms with van der Waals surface area (Å²) in [4.78, 5) is 11.8. The van der Waals surface area contributed by atoms with Gasteiger partial charge in [0.1, 0.15) is 5.75 Å². The first-order chi connectivity index (χ1) is 8.16. The van der Waals surface area contributed by atoms with Crippen molar-refractivity contribution in [1.82, 2.24) is 0 Å². The molecule has 1 heterocycles. The molecule has 4 heteroatoms. The Morgan fingerprint density at radius 2 is 2.41 bits per heavy atom. The van der Waals surface area contributed by atoms with E-state index in [4.69, 9.17) is 9.47 Å². The van der Waals surface area contributed by atoms with Gasteiger partial charge < -0.3 is 14.6 Å². The molecule has 2 rings (SSSR count). The fourth-order valence-corrected chi connectivity index (χ4v) is 2.25. The van der Waals surface area contributed by atoms with Crippen molar-refractivity contribution in [3.05, 3.63) is 29.8 Å². The zero-order valence-corrected chi connectivity index (χ0v) is 9.81. The van der Waals surface area contributed by atoms with E-state index in [2.05, 4.69) is 0 Å². The summed E-state index contributed by atoms with van der Waals surface area (Å²) in [7, 11) is 1.37. The van der Waals surface area contributed by atoms with E-state index in [9.17, 15) is 9.90 Å². The maximum Gasteiger partial charge on any atom is 0.338 e. The molecule has 92 valence electrons. The van der Waals surface area contributed by atoms with Gasteiger partial charge in [0.15, 0.2) is 5.60 Å². The van der Waals surface area contributed by atoms with Crippen molar-refractivity contribution in [2.75, 3.05) is 13.7 Å². The van der Waals surface area contributed by atoms with Crippen LogP contribution in [0, 0.1) is 0 Å². The first-order valence-corrected chi connectivity index (χ1v) is 5.66. The fourth-order valence-electron chi connectivity index (χ4n) is 2.25. The molecule has 1 fully saturated rings. The van der Waals surface area contributed by atoms with E-state index in [0.29, 0.717) is 19.4 Å². The average Bonchev–Trinajstić information content (AvgIpc) is 2.78. The molecule has 4 nitrogen and oxygen atoms in total. The number of benzene rings is 1. The van der Waals surface area contributed by atoms with Crippen LogP contribution in [0.1, 0.15) is 18.4 Å². The van der Waals surface area contributed by atoms with Crippen LogP contribution in [-0.2, 0) is 20.7 Å². The van der Waals surface area contributed by atoms with Gasteiger partial charge in [0.25, 0.3) is 0 Å². The second-order valence-corrected chi connectivity index (χ2v) is 4.28. The van der Waals surface area contributed by atoms with Gasteiger partial charge in [0.2, 0.25) is 0 Å². The summed E-state index contributed by atoms with van der Waals surface area (Å²) in [5, 5.41) is 9.41. The maximum atomic E-state index is 11.8. The number of carbonyl (C=O) groups is 1. The van der Waals surface area contributed by atoms with Gasteiger partial charge >= 0.3 is 5.97 Å². The molecule has 1 aromatic carbocycles. The monoisotopic (exact) mass is 236 g/mol. The third-order valence-corrected chi connectivity index (χ3v) is 3.06. The first-order valence-electron chi connectivity index (χ1n) is 5.66. The van der Waals surface area contributed by atoms with E-state index < -0.39 is 5.60 Å². The molecule has 1 aliphatic rings. The molecule has 1 N–H and O–H groups in total. The lowest BCUT2D eigenvalue weighted by Gasteiger charge is -2.25. The van der Waals surface area contributed by atoms with Gasteiger partial charge in [-0.1, -0.05) is 12.1 Å². The molecule has 0 radical (unpaired) electrons. The lowest BCUT2D eigenvalue weighted by Crippen LogP contribution is -2.41. The molecule has 1 aromatic rings. The van der Waals surface area contributed by atoms with E-state index in [-0.39, 0.29) is 11.7 Å². The molecule has 0 aromatic heterocycles. The van der Waals surface area contributed by atoms with Crippen LogP contribution >= 0.6 is 0 Å². The smallest absolute Gasteiger partial charge is 0.338 e. The molecule has 0 saturated carbocycles. The minimum atomic E-state index is -0.872. The van der Waals surface area contributed by atoms with Crippen LogP contribution in [0.4, 0.5) is 0 Å². The summed E-state index contributed by atoms with van der Waals surface area (Å²) in [5.41, 5.74) is 0.0000231. The summed E-state index contributed by atoms with van der Waals surface area (Å²) in [6, 6.07) is 6.87. The highest BCUT2D eigenvalue weighted by Crippen LogP contribution is 2.31. The van der Waals surface area contributed by atoms with Crippen LogP contribution in [0.5, 0.6) is 5.75 Å². The van der Waals surface area contributed by atoms with Crippen molar-refractivity contribution in [1.29, 1.82) is 0 Å². The largest absolute Gasteiger partial charge is 0.508 e. The predicted octanol–water partition coefficient (Wildman–Crippen LogP) is 1.66. The highest BCUT2D eigenvalue weighted by Gasteiger charge is 2.43. The number of ether oxygens (including phenoxy) is 2. The first kappa shape index (κ1) is 11.9. The Labute approximate surface area is 100 Å². The second kappa shape index (κ2) is 4.75. The van der Waals surface area contributed by atoms with Crippen molar-refractivity contribution < 1.29 is 19.4 Å². The van der Waals surface area contributed by atoms with Crippen molar-refractivity contribution in [2.45, 2.75) is 24.9 Å². The zero-order valence-electron chi connectivity index (χ0n) is 9.81. The number of rotatable bonds is 3. The van der Waals surface area contributed by atoms with Crippen LogP contribution in [0.15, 0.2) is 24.3 Å². The second-order valence-electron chi connectivity index (χ2n) is 4.28. The molecule has 1 atom stereocenters. The van der Waals surface area contributed by atoms with E-state index in [1.807, 2.05) is 6.07 Å². The average molecular weight is 236 g/mol. The number of aromatic hydroxyl groups is 1. The molecule has 1 saturated heterocycles. The Morgan fingerprint density at radius 3 is 3.00 bits per heavy atom. The highest BCUT2D eigenvalue weighted by atomic mass is 16.6. The molecular weight excluding hydrogens is 220 g/mol. The Hall–Kier alpha value is -1.55. The van der Waals surface area contributed by atoms with Gasteiger partial charge in [0, 0.05) is 13.0 Å². The standard InChI is InChI=1S/C13H16O4/c1-16-12(15)13(6-3-7-17-13)9-10-4-2-5-11(14)8-10/h2,4-5,8,14H,3,6-7,9H2,1H3. The number of phenolic OH excluding ortho intramolecular Hbond substituents is 1. The van der Waals surface area contributed by atoms with Crippen molar-refractivity contribution in [2.24, 2.45) is 0 Å². The van der Waals surface area contributed by atoms with Crippen LogP contribution in [0.2, 0.25) is 0 Å². The van der Waals surface area contributed by atoms with Crippen molar-refractivity contribution in [3.63, 3.8) is 0 Å². The summed E-state index contributed by atoms with van der Waals surface area (Å²) < 4.78 is 10.4. The number of phenols is 1. The zero-order chi connectivity index (χ0) is 12.3. The van der Waals surface area contributed by atoms with E-state index in [1.54, 1.807) is 18.2 Å². The normalized spacial score (nSPS) is 23.6. The Balaban J connectivity index is 2.21. The molecule has 17 heavy (non-hydrogen) atoms. The third kappa shape index (κ3) is 2.42. The van der Waals surface area contributed by atoms with Crippen LogP contribution in [-0.4, -0.2) is 30.4 Å². The summed E-state index contributed by atoms with van der Waals surface area (Å²) in [5.74, 6) is -0.140. The topological polar surface area (TPSA) is 55.8 Å². The van der Waals surface area contributed by atoms with Crippen LogP contribution < -0.4 is 0 Å². The van der Waals surface area contributed by atoms with E-state index in [1.165, 1.54) is 7.11 Å². The molecular formula is C13H16O4. The predicted molar refractivity (Wildman–Crippen MR) is 61.7 cm³/mol. The van der Waals surface area contributed by atoms with Crippen LogP contribution in [0.25, 0.3) is 0 Å². The lowest BCUT2D eigenvalue weighted by atomic mass is 9.91. The molecule has 1 unspecified atom stereocenters. The van der Waals surface area contributed by atoms with Gasteiger partial charge in [-0.15, -0.1) is 0 Å². The lowest BCUT2D eigenvalue weighted by molar-refractivity contribution is -0.163. The minimum Gasteiger partial charge on any atom is -0.508 e. The fraction of sp³-hybridized carbons (Fsp3) is 0.462. The Kier molecular flexibility index (Phi) is 3.33. The number of methoxy groups -OCH3 is 1. The quantitative estimate of drug-likeness (QED) is 0.811. The van der Waals surface area contributed by atoms with Crippen LogP contribution in [0.3, 0.4) is 0 Å². The molecule has 0 bridgehead atoms. The van der Waals surface area contributed by atoms with Crippen molar-refractivity contribution in [3.8, 4) is 5.75 Å².